The third-order valence-corrected chi connectivity index (χ3v) is 8.21. The van der Waals surface area contributed by atoms with Gasteiger partial charge in [0.15, 0.2) is 9.84 Å². The van der Waals surface area contributed by atoms with E-state index in [1.54, 1.807) is 6.07 Å². The SMILES string of the molecule is Cc1nn(C2CCS(=O)(=O)C2)c(C)c1N1CCN(C(=O)Cc2ccccc2Cl)CC1. The molecule has 2 aliphatic rings. The zero-order chi connectivity index (χ0) is 21.5. The Labute approximate surface area is 182 Å². The minimum absolute atomic E-state index is 0.0825. The van der Waals surface area contributed by atoms with Crippen molar-refractivity contribution in [3.05, 3.63) is 46.2 Å². The molecule has 9 heteroatoms. The number of hydrogen-bond donors (Lipinski definition) is 0. The molecule has 162 valence electrons. The van der Waals surface area contributed by atoms with Crippen LogP contribution in [0.2, 0.25) is 5.02 Å². The summed E-state index contributed by atoms with van der Waals surface area (Å²) in [5.41, 5.74) is 3.83. The Hall–Kier alpha value is -2.06. The van der Waals surface area contributed by atoms with Crippen molar-refractivity contribution < 1.29 is 13.2 Å². The Bertz CT molecular complexity index is 1060. The molecule has 0 N–H and O–H groups in total. The largest absolute Gasteiger partial charge is 0.365 e. The molecule has 1 aromatic heterocycles. The molecular formula is C21H27ClN4O3S. The second-order valence-electron chi connectivity index (χ2n) is 8.16. The lowest BCUT2D eigenvalue weighted by Gasteiger charge is -2.36. The maximum absolute atomic E-state index is 12.7. The molecule has 30 heavy (non-hydrogen) atoms. The van der Waals surface area contributed by atoms with E-state index in [1.165, 1.54) is 0 Å². The van der Waals surface area contributed by atoms with E-state index < -0.39 is 9.84 Å². The number of carbonyl (C=O) groups excluding carboxylic acids is 1. The molecule has 3 heterocycles. The van der Waals surface area contributed by atoms with Crippen LogP contribution in [0, 0.1) is 13.8 Å². The number of piperazine rings is 1. The summed E-state index contributed by atoms with van der Waals surface area (Å²) in [5, 5.41) is 5.29. The van der Waals surface area contributed by atoms with E-state index >= 15 is 0 Å². The third kappa shape index (κ3) is 4.21. The lowest BCUT2D eigenvalue weighted by molar-refractivity contribution is -0.130. The standard InChI is InChI=1S/C21H27ClN4O3S/c1-15-21(16(2)26(23-15)18-7-12-30(28,29)14-18)25-10-8-24(9-11-25)20(27)13-17-5-3-4-6-19(17)22/h3-6,18H,7-14H2,1-2H3. The van der Waals surface area contributed by atoms with E-state index in [2.05, 4.69) is 10.00 Å². The first-order chi connectivity index (χ1) is 14.2. The van der Waals surface area contributed by atoms with E-state index in [0.29, 0.717) is 31.0 Å². The van der Waals surface area contributed by atoms with Gasteiger partial charge in [0, 0.05) is 31.2 Å². The number of rotatable bonds is 4. The molecule has 2 fully saturated rings. The molecular weight excluding hydrogens is 424 g/mol. The van der Waals surface area contributed by atoms with Gasteiger partial charge in [0.05, 0.1) is 41.0 Å². The third-order valence-electron chi connectivity index (χ3n) is 6.09. The summed E-state index contributed by atoms with van der Waals surface area (Å²) in [7, 11) is -2.96. The fraction of sp³-hybridized carbons (Fsp3) is 0.524. The highest BCUT2D eigenvalue weighted by atomic mass is 35.5. The number of amides is 1. The van der Waals surface area contributed by atoms with E-state index in [4.69, 9.17) is 11.6 Å². The smallest absolute Gasteiger partial charge is 0.227 e. The molecule has 7 nitrogen and oxygen atoms in total. The summed E-state index contributed by atoms with van der Waals surface area (Å²) < 4.78 is 25.6. The number of aromatic nitrogens is 2. The quantitative estimate of drug-likeness (QED) is 0.715. The van der Waals surface area contributed by atoms with Crippen molar-refractivity contribution in [1.29, 1.82) is 0 Å². The summed E-state index contributed by atoms with van der Waals surface area (Å²) >= 11 is 6.19. The van der Waals surface area contributed by atoms with E-state index in [-0.39, 0.29) is 23.5 Å². The minimum atomic E-state index is -2.96. The number of sulfone groups is 1. The number of benzene rings is 1. The van der Waals surface area contributed by atoms with Gasteiger partial charge < -0.3 is 9.80 Å². The highest BCUT2D eigenvalue weighted by molar-refractivity contribution is 7.91. The van der Waals surface area contributed by atoms with Crippen LogP contribution in [0.1, 0.15) is 29.4 Å². The van der Waals surface area contributed by atoms with Gasteiger partial charge in [-0.2, -0.15) is 5.10 Å². The summed E-state index contributed by atoms with van der Waals surface area (Å²) in [6.07, 6.45) is 0.930. The zero-order valence-corrected chi connectivity index (χ0v) is 18.9. The molecule has 0 aliphatic carbocycles. The molecule has 2 aromatic rings. The molecule has 1 aromatic carbocycles. The second kappa shape index (κ2) is 8.23. The Kier molecular flexibility index (Phi) is 5.81. The van der Waals surface area contributed by atoms with Gasteiger partial charge in [-0.3, -0.25) is 9.48 Å². The molecule has 0 bridgehead atoms. The Morgan fingerprint density at radius 2 is 1.87 bits per heavy atom. The maximum Gasteiger partial charge on any atom is 0.227 e. The molecule has 1 amide bonds. The lowest BCUT2D eigenvalue weighted by atomic mass is 10.1. The summed E-state index contributed by atoms with van der Waals surface area (Å²) in [6, 6.07) is 7.37. The van der Waals surface area contributed by atoms with Crippen LogP contribution in [0.15, 0.2) is 24.3 Å². The fourth-order valence-corrected chi connectivity index (χ4v) is 6.43. The predicted molar refractivity (Wildman–Crippen MR) is 118 cm³/mol. The maximum atomic E-state index is 12.7. The van der Waals surface area contributed by atoms with Crippen LogP contribution < -0.4 is 4.90 Å². The zero-order valence-electron chi connectivity index (χ0n) is 17.3. The van der Waals surface area contributed by atoms with Crippen molar-refractivity contribution >= 4 is 33.0 Å². The molecule has 4 rings (SSSR count). The molecule has 0 radical (unpaired) electrons. The topological polar surface area (TPSA) is 75.5 Å². The van der Waals surface area contributed by atoms with E-state index in [0.717, 1.165) is 35.7 Å². The van der Waals surface area contributed by atoms with Crippen LogP contribution in [0.25, 0.3) is 0 Å². The van der Waals surface area contributed by atoms with Gasteiger partial charge in [0.1, 0.15) is 0 Å². The highest BCUT2D eigenvalue weighted by Crippen LogP contribution is 2.31. The van der Waals surface area contributed by atoms with E-state index in [1.807, 2.05) is 41.6 Å². The monoisotopic (exact) mass is 450 g/mol. The first-order valence-corrected chi connectivity index (χ1v) is 12.5. The highest BCUT2D eigenvalue weighted by Gasteiger charge is 2.33. The van der Waals surface area contributed by atoms with Crippen molar-refractivity contribution in [3.8, 4) is 0 Å². The first-order valence-electron chi connectivity index (χ1n) is 10.3. The van der Waals surface area contributed by atoms with Crippen LogP contribution in [0.5, 0.6) is 0 Å². The number of carbonyl (C=O) groups is 1. The Morgan fingerprint density at radius 1 is 1.17 bits per heavy atom. The normalized spacial score (nSPS) is 21.2. The van der Waals surface area contributed by atoms with Crippen LogP contribution in [0.3, 0.4) is 0 Å². The minimum Gasteiger partial charge on any atom is -0.365 e. The van der Waals surface area contributed by atoms with Gasteiger partial charge >= 0.3 is 0 Å². The van der Waals surface area contributed by atoms with Crippen LogP contribution in [-0.4, -0.2) is 66.7 Å². The summed E-state index contributed by atoms with van der Waals surface area (Å²) in [6.45, 7) is 6.72. The number of anilines is 1. The first kappa shape index (κ1) is 21.2. The van der Waals surface area contributed by atoms with Gasteiger partial charge in [-0.25, -0.2) is 8.42 Å². The predicted octanol–water partition coefficient (Wildman–Crippen LogP) is 2.40. The van der Waals surface area contributed by atoms with Crippen LogP contribution >= 0.6 is 11.6 Å². The van der Waals surface area contributed by atoms with Crippen LogP contribution in [0.4, 0.5) is 5.69 Å². The number of hydrogen-bond acceptors (Lipinski definition) is 5. The van der Waals surface area contributed by atoms with Gasteiger partial charge in [-0.05, 0) is 31.9 Å². The van der Waals surface area contributed by atoms with Crippen molar-refractivity contribution in [2.75, 3.05) is 42.6 Å². The summed E-state index contributed by atoms with van der Waals surface area (Å²) in [5.74, 6) is 0.485. The van der Waals surface area contributed by atoms with Gasteiger partial charge in [0.2, 0.25) is 5.91 Å². The average molecular weight is 451 g/mol. The molecule has 0 spiro atoms. The molecule has 2 aliphatic heterocycles. The van der Waals surface area contributed by atoms with Gasteiger partial charge in [-0.1, -0.05) is 29.8 Å². The molecule has 2 saturated heterocycles. The van der Waals surface area contributed by atoms with Gasteiger partial charge in [0.25, 0.3) is 0 Å². The molecule has 0 saturated carbocycles. The van der Waals surface area contributed by atoms with Crippen molar-refractivity contribution in [3.63, 3.8) is 0 Å². The Morgan fingerprint density at radius 3 is 2.50 bits per heavy atom. The van der Waals surface area contributed by atoms with Crippen LogP contribution in [-0.2, 0) is 21.1 Å². The van der Waals surface area contributed by atoms with E-state index in [9.17, 15) is 13.2 Å². The Balaban J connectivity index is 1.42. The number of halogens is 1. The van der Waals surface area contributed by atoms with Crippen molar-refractivity contribution in [1.82, 2.24) is 14.7 Å². The number of nitrogens with zero attached hydrogens (tertiary/aromatic N) is 4. The number of aryl methyl sites for hydroxylation is 1. The van der Waals surface area contributed by atoms with Gasteiger partial charge in [-0.15, -0.1) is 0 Å². The van der Waals surface area contributed by atoms with Crippen molar-refractivity contribution in [2.24, 2.45) is 0 Å². The summed E-state index contributed by atoms with van der Waals surface area (Å²) in [4.78, 5) is 16.9. The molecule has 1 unspecified atom stereocenters. The average Bonchev–Trinajstić information content (AvgIpc) is 3.22. The second-order valence-corrected chi connectivity index (χ2v) is 10.8. The fourth-order valence-electron chi connectivity index (χ4n) is 4.53. The molecule has 1 atom stereocenters. The lowest BCUT2D eigenvalue weighted by Crippen LogP contribution is -2.49. The van der Waals surface area contributed by atoms with Crippen molar-refractivity contribution in [2.45, 2.75) is 32.7 Å².